The number of aldehydes is 1. The molecule has 4 nitrogen and oxygen atoms in total. The molecule has 0 saturated carbocycles. The molecule has 0 radical (unpaired) electrons. The third-order valence-corrected chi connectivity index (χ3v) is 1.67. The maximum atomic E-state index is 10.9. The van der Waals surface area contributed by atoms with E-state index >= 15 is 0 Å². The van der Waals surface area contributed by atoms with E-state index in [1.165, 1.54) is 0 Å². The van der Waals surface area contributed by atoms with Gasteiger partial charge in [0.1, 0.15) is 6.79 Å². The SMILES string of the molecule is CC1(C)OCOC1C(=O)C=O. The van der Waals surface area contributed by atoms with Crippen molar-refractivity contribution in [1.29, 1.82) is 0 Å². The van der Waals surface area contributed by atoms with Crippen LogP contribution in [-0.4, -0.2) is 30.6 Å². The predicted octanol–water partition coefficient (Wildman–Crippen LogP) is -0.0941. The molecule has 1 heterocycles. The summed E-state index contributed by atoms with van der Waals surface area (Å²) >= 11 is 0. The molecule has 11 heavy (non-hydrogen) atoms. The number of hydrogen-bond acceptors (Lipinski definition) is 4. The highest BCUT2D eigenvalue weighted by atomic mass is 16.7. The molecule has 1 aliphatic heterocycles. The zero-order chi connectivity index (χ0) is 8.48. The molecular weight excluding hydrogens is 148 g/mol. The third-order valence-electron chi connectivity index (χ3n) is 1.67. The molecule has 4 heteroatoms. The van der Waals surface area contributed by atoms with Crippen LogP contribution < -0.4 is 0 Å². The maximum absolute atomic E-state index is 10.9. The Labute approximate surface area is 64.5 Å². The van der Waals surface area contributed by atoms with Crippen LogP contribution in [0.2, 0.25) is 0 Å². The Morgan fingerprint density at radius 2 is 2.27 bits per heavy atom. The van der Waals surface area contributed by atoms with Gasteiger partial charge in [-0.1, -0.05) is 0 Å². The first-order chi connectivity index (χ1) is 5.08. The van der Waals surface area contributed by atoms with Crippen molar-refractivity contribution in [1.82, 2.24) is 0 Å². The minimum atomic E-state index is -0.736. The van der Waals surface area contributed by atoms with Crippen molar-refractivity contribution in [2.75, 3.05) is 6.79 Å². The Bertz CT molecular complexity index is 185. The lowest BCUT2D eigenvalue weighted by Crippen LogP contribution is -2.39. The van der Waals surface area contributed by atoms with Crippen LogP contribution in [0.15, 0.2) is 0 Å². The molecule has 0 bridgehead atoms. The summed E-state index contributed by atoms with van der Waals surface area (Å²) in [5, 5.41) is 0. The van der Waals surface area contributed by atoms with E-state index < -0.39 is 17.5 Å². The van der Waals surface area contributed by atoms with Crippen LogP contribution in [0.1, 0.15) is 13.8 Å². The average Bonchev–Trinajstić information content (AvgIpc) is 2.28. The van der Waals surface area contributed by atoms with Crippen LogP contribution in [0.4, 0.5) is 0 Å². The second-order valence-corrected chi connectivity index (χ2v) is 2.93. The number of carbonyl (C=O) groups is 2. The number of rotatable bonds is 2. The van der Waals surface area contributed by atoms with Gasteiger partial charge in [0.2, 0.25) is 5.78 Å². The molecule has 1 fully saturated rings. The molecule has 1 saturated heterocycles. The summed E-state index contributed by atoms with van der Waals surface area (Å²) < 4.78 is 9.99. The van der Waals surface area contributed by atoms with Gasteiger partial charge in [-0.3, -0.25) is 9.59 Å². The first-order valence-corrected chi connectivity index (χ1v) is 3.32. The van der Waals surface area contributed by atoms with Crippen LogP contribution in [-0.2, 0) is 19.1 Å². The fraction of sp³-hybridized carbons (Fsp3) is 0.714. The van der Waals surface area contributed by atoms with Gasteiger partial charge >= 0.3 is 0 Å². The van der Waals surface area contributed by atoms with Crippen LogP contribution in [0.3, 0.4) is 0 Å². The molecule has 0 spiro atoms. The van der Waals surface area contributed by atoms with Crippen molar-refractivity contribution in [2.24, 2.45) is 0 Å². The number of carbonyl (C=O) groups excluding carboxylic acids is 2. The standard InChI is InChI=1S/C7H10O4/c1-7(2)6(5(9)3-8)10-4-11-7/h3,6H,4H2,1-2H3. The topological polar surface area (TPSA) is 52.6 Å². The van der Waals surface area contributed by atoms with Crippen LogP contribution in [0, 0.1) is 0 Å². The third kappa shape index (κ3) is 1.46. The Hall–Kier alpha value is -0.740. The number of ether oxygens (including phenoxy) is 2. The molecule has 0 aromatic rings. The highest BCUT2D eigenvalue weighted by Crippen LogP contribution is 2.24. The zero-order valence-corrected chi connectivity index (χ0v) is 6.49. The molecule has 0 aromatic heterocycles. The van der Waals surface area contributed by atoms with Crippen molar-refractivity contribution in [3.63, 3.8) is 0 Å². The second-order valence-electron chi connectivity index (χ2n) is 2.93. The van der Waals surface area contributed by atoms with E-state index in [4.69, 9.17) is 9.47 Å². The van der Waals surface area contributed by atoms with Gasteiger partial charge in [-0.15, -0.1) is 0 Å². The van der Waals surface area contributed by atoms with Crippen molar-refractivity contribution >= 4 is 12.1 Å². The lowest BCUT2D eigenvalue weighted by Gasteiger charge is -2.19. The van der Waals surface area contributed by atoms with Gasteiger partial charge < -0.3 is 9.47 Å². The monoisotopic (exact) mass is 158 g/mol. The van der Waals surface area contributed by atoms with Crippen LogP contribution >= 0.6 is 0 Å². The maximum Gasteiger partial charge on any atom is 0.226 e. The molecule has 0 amide bonds. The van der Waals surface area contributed by atoms with Crippen molar-refractivity contribution in [3.05, 3.63) is 0 Å². The average molecular weight is 158 g/mol. The second kappa shape index (κ2) is 2.71. The number of hydrogen-bond donors (Lipinski definition) is 0. The highest BCUT2D eigenvalue weighted by Gasteiger charge is 2.41. The molecule has 1 unspecified atom stereocenters. The van der Waals surface area contributed by atoms with Gasteiger partial charge in [0, 0.05) is 0 Å². The number of Topliss-reactive ketones (excluding diaryl/α,β-unsaturated/α-hetero) is 1. The van der Waals surface area contributed by atoms with Crippen molar-refractivity contribution < 1.29 is 19.1 Å². The van der Waals surface area contributed by atoms with E-state index in [9.17, 15) is 9.59 Å². The quantitative estimate of drug-likeness (QED) is 0.416. The fourth-order valence-electron chi connectivity index (χ4n) is 1.02. The van der Waals surface area contributed by atoms with E-state index in [0.29, 0.717) is 0 Å². The van der Waals surface area contributed by atoms with Crippen LogP contribution in [0.25, 0.3) is 0 Å². The Balaban J connectivity index is 2.72. The molecule has 0 N–H and O–H groups in total. The fourth-order valence-corrected chi connectivity index (χ4v) is 1.02. The molecule has 1 atom stereocenters. The van der Waals surface area contributed by atoms with E-state index in [1.807, 2.05) is 0 Å². The summed E-state index contributed by atoms with van der Waals surface area (Å²) in [5.74, 6) is -0.562. The summed E-state index contributed by atoms with van der Waals surface area (Å²) in [6, 6.07) is 0. The summed E-state index contributed by atoms with van der Waals surface area (Å²) in [4.78, 5) is 21.0. The molecule has 62 valence electrons. The first-order valence-electron chi connectivity index (χ1n) is 3.32. The number of ketones is 1. The van der Waals surface area contributed by atoms with Gasteiger partial charge in [-0.2, -0.15) is 0 Å². The Kier molecular flexibility index (Phi) is 2.06. The minimum Gasteiger partial charge on any atom is -0.346 e. The molecule has 1 rings (SSSR count). The minimum absolute atomic E-state index is 0.0806. The summed E-state index contributed by atoms with van der Waals surface area (Å²) in [5.41, 5.74) is -0.669. The van der Waals surface area contributed by atoms with E-state index in [1.54, 1.807) is 13.8 Å². The first kappa shape index (κ1) is 8.36. The summed E-state index contributed by atoms with van der Waals surface area (Å²) in [6.07, 6.45) is -0.471. The predicted molar refractivity (Wildman–Crippen MR) is 36.0 cm³/mol. The normalized spacial score (nSPS) is 28.4. The zero-order valence-electron chi connectivity index (χ0n) is 6.49. The van der Waals surface area contributed by atoms with Crippen molar-refractivity contribution in [3.8, 4) is 0 Å². The largest absolute Gasteiger partial charge is 0.346 e. The van der Waals surface area contributed by atoms with Gasteiger partial charge in [-0.25, -0.2) is 0 Å². The van der Waals surface area contributed by atoms with E-state index in [-0.39, 0.29) is 13.1 Å². The Morgan fingerprint density at radius 3 is 2.64 bits per heavy atom. The lowest BCUT2D eigenvalue weighted by molar-refractivity contribution is -0.137. The molecular formula is C7H10O4. The van der Waals surface area contributed by atoms with Crippen LogP contribution in [0.5, 0.6) is 0 Å². The Morgan fingerprint density at radius 1 is 1.64 bits per heavy atom. The molecule has 1 aliphatic rings. The van der Waals surface area contributed by atoms with Gasteiger partial charge in [0.05, 0.1) is 5.60 Å². The smallest absolute Gasteiger partial charge is 0.226 e. The van der Waals surface area contributed by atoms with Gasteiger partial charge in [0.25, 0.3) is 0 Å². The molecule has 0 aromatic carbocycles. The summed E-state index contributed by atoms with van der Waals surface area (Å²) in [6.45, 7) is 3.51. The van der Waals surface area contributed by atoms with Gasteiger partial charge in [0.15, 0.2) is 12.4 Å². The van der Waals surface area contributed by atoms with E-state index in [0.717, 1.165) is 0 Å². The van der Waals surface area contributed by atoms with Crippen molar-refractivity contribution in [2.45, 2.75) is 25.6 Å². The molecule has 0 aliphatic carbocycles. The lowest BCUT2D eigenvalue weighted by atomic mass is 9.99. The highest BCUT2D eigenvalue weighted by molar-refractivity contribution is 6.27. The van der Waals surface area contributed by atoms with E-state index in [2.05, 4.69) is 0 Å². The van der Waals surface area contributed by atoms with Gasteiger partial charge in [-0.05, 0) is 13.8 Å². The summed E-state index contributed by atoms with van der Waals surface area (Å²) in [7, 11) is 0.